The van der Waals surface area contributed by atoms with Crippen molar-refractivity contribution in [2.45, 2.75) is 25.5 Å². The molecule has 5 heteroatoms. The van der Waals surface area contributed by atoms with E-state index in [1.807, 2.05) is 43.3 Å². The van der Waals surface area contributed by atoms with E-state index >= 15 is 0 Å². The Morgan fingerprint density at radius 3 is 2.33 bits per heavy atom. The Morgan fingerprint density at radius 2 is 1.71 bits per heavy atom. The van der Waals surface area contributed by atoms with Crippen LogP contribution in [0, 0.1) is 0 Å². The first kappa shape index (κ1) is 16.8. The summed E-state index contributed by atoms with van der Waals surface area (Å²) in [7, 11) is 0. The molecule has 0 heterocycles. The van der Waals surface area contributed by atoms with Gasteiger partial charge in [0.15, 0.2) is 0 Å². The number of benzene rings is 2. The molecule has 21 heavy (non-hydrogen) atoms. The van der Waals surface area contributed by atoms with Crippen LogP contribution >= 0.6 is 43.5 Å². The van der Waals surface area contributed by atoms with Gasteiger partial charge in [-0.3, -0.25) is 0 Å². The Hall–Kier alpha value is -0.550. The second kappa shape index (κ2) is 7.63. The van der Waals surface area contributed by atoms with Gasteiger partial charge in [0.1, 0.15) is 11.9 Å². The molecule has 0 aliphatic heterocycles. The van der Waals surface area contributed by atoms with E-state index in [4.69, 9.17) is 22.1 Å². The molecule has 2 N–H and O–H groups in total. The Bertz CT molecular complexity index is 604. The van der Waals surface area contributed by atoms with E-state index in [0.717, 1.165) is 20.9 Å². The van der Waals surface area contributed by atoms with Crippen LogP contribution in [0.1, 0.15) is 25.0 Å². The summed E-state index contributed by atoms with van der Waals surface area (Å²) < 4.78 is 8.04. The second-order valence-electron chi connectivity index (χ2n) is 4.74. The highest BCUT2D eigenvalue weighted by Crippen LogP contribution is 2.33. The van der Waals surface area contributed by atoms with Crippen molar-refractivity contribution in [3.8, 4) is 5.75 Å². The van der Waals surface area contributed by atoms with Crippen LogP contribution in [0.2, 0.25) is 5.02 Å². The van der Waals surface area contributed by atoms with Crippen molar-refractivity contribution >= 4 is 43.5 Å². The van der Waals surface area contributed by atoms with Gasteiger partial charge in [-0.25, -0.2) is 0 Å². The van der Waals surface area contributed by atoms with Gasteiger partial charge in [0.25, 0.3) is 0 Å². The Morgan fingerprint density at radius 1 is 1.10 bits per heavy atom. The molecule has 0 fully saturated rings. The van der Waals surface area contributed by atoms with Crippen LogP contribution in [0.4, 0.5) is 0 Å². The zero-order valence-corrected chi connectivity index (χ0v) is 15.5. The first-order valence-corrected chi connectivity index (χ1v) is 8.60. The first-order valence-electron chi connectivity index (χ1n) is 6.64. The number of ether oxygens (including phenoxy) is 1. The van der Waals surface area contributed by atoms with E-state index in [1.54, 1.807) is 6.07 Å². The van der Waals surface area contributed by atoms with Gasteiger partial charge in [0.2, 0.25) is 0 Å². The fraction of sp³-hybridized carbons (Fsp3) is 0.250. The summed E-state index contributed by atoms with van der Waals surface area (Å²) in [5, 5.41) is 0.573. The van der Waals surface area contributed by atoms with Crippen LogP contribution in [0.5, 0.6) is 5.75 Å². The normalized spacial score (nSPS) is 13.8. The van der Waals surface area contributed by atoms with Crippen molar-refractivity contribution < 1.29 is 4.74 Å². The molecule has 0 radical (unpaired) electrons. The lowest BCUT2D eigenvalue weighted by Crippen LogP contribution is -2.31. The maximum Gasteiger partial charge on any atom is 0.140 e. The number of halogens is 3. The fourth-order valence-corrected chi connectivity index (χ4v) is 2.74. The topological polar surface area (TPSA) is 35.2 Å². The fourth-order valence-electron chi connectivity index (χ4n) is 1.97. The van der Waals surface area contributed by atoms with E-state index in [-0.39, 0.29) is 12.1 Å². The highest BCUT2D eigenvalue weighted by Gasteiger charge is 2.21. The minimum Gasteiger partial charge on any atom is -0.482 e. The largest absolute Gasteiger partial charge is 0.482 e. The Balaban J connectivity index is 2.32. The molecule has 0 aromatic heterocycles. The van der Waals surface area contributed by atoms with Crippen LogP contribution in [0.15, 0.2) is 51.4 Å². The highest BCUT2D eigenvalue weighted by atomic mass is 79.9. The lowest BCUT2D eigenvalue weighted by Gasteiger charge is -2.25. The molecule has 2 aromatic rings. The SMILES string of the molecule is CCC(N)C(Oc1cc(Br)ccc1Cl)c1ccc(Br)cc1. The monoisotopic (exact) mass is 431 g/mol. The molecule has 0 aliphatic carbocycles. The van der Waals surface area contributed by atoms with Crippen LogP contribution in [0.3, 0.4) is 0 Å². The smallest absolute Gasteiger partial charge is 0.140 e. The van der Waals surface area contributed by atoms with Crippen molar-refractivity contribution in [1.29, 1.82) is 0 Å². The molecule has 112 valence electrons. The third kappa shape index (κ3) is 4.46. The van der Waals surface area contributed by atoms with Gasteiger partial charge in [-0.05, 0) is 42.3 Å². The standard InChI is InChI=1S/C16H16Br2ClNO/c1-2-14(20)16(10-3-5-11(17)6-4-10)21-15-9-12(18)7-8-13(15)19/h3-9,14,16H,2,20H2,1H3. The molecule has 2 aromatic carbocycles. The van der Waals surface area contributed by atoms with Gasteiger partial charge in [-0.2, -0.15) is 0 Å². The lowest BCUT2D eigenvalue weighted by molar-refractivity contribution is 0.171. The first-order chi connectivity index (χ1) is 10.0. The van der Waals surface area contributed by atoms with E-state index in [9.17, 15) is 0 Å². The predicted molar refractivity (Wildman–Crippen MR) is 94.9 cm³/mol. The molecular formula is C16H16Br2ClNO. The number of nitrogens with two attached hydrogens (primary N) is 1. The molecule has 2 atom stereocenters. The summed E-state index contributed by atoms with van der Waals surface area (Å²) in [5.74, 6) is 0.628. The summed E-state index contributed by atoms with van der Waals surface area (Å²) in [4.78, 5) is 0. The zero-order chi connectivity index (χ0) is 15.4. The third-order valence-electron chi connectivity index (χ3n) is 3.21. The highest BCUT2D eigenvalue weighted by molar-refractivity contribution is 9.10. The van der Waals surface area contributed by atoms with Crippen LogP contribution in [-0.4, -0.2) is 6.04 Å². The van der Waals surface area contributed by atoms with Crippen molar-refractivity contribution in [1.82, 2.24) is 0 Å². The van der Waals surface area contributed by atoms with E-state index in [1.165, 1.54) is 0 Å². The minimum absolute atomic E-state index is 0.110. The molecule has 2 nitrogen and oxygen atoms in total. The number of hydrogen-bond acceptors (Lipinski definition) is 2. The summed E-state index contributed by atoms with van der Waals surface area (Å²) >= 11 is 13.1. The van der Waals surface area contributed by atoms with Crippen LogP contribution in [-0.2, 0) is 0 Å². The number of hydrogen-bond donors (Lipinski definition) is 1. The minimum atomic E-state index is -0.241. The van der Waals surface area contributed by atoms with Crippen molar-refractivity contribution in [2.24, 2.45) is 5.73 Å². The van der Waals surface area contributed by atoms with E-state index < -0.39 is 0 Å². The van der Waals surface area contributed by atoms with Crippen molar-refractivity contribution in [3.63, 3.8) is 0 Å². The third-order valence-corrected chi connectivity index (χ3v) is 4.54. The Kier molecular flexibility index (Phi) is 6.11. The predicted octanol–water partition coefficient (Wildman–Crippen LogP) is 5.72. The average Bonchev–Trinajstić information content (AvgIpc) is 2.48. The van der Waals surface area contributed by atoms with Gasteiger partial charge in [0, 0.05) is 15.0 Å². The maximum absolute atomic E-state index is 6.23. The zero-order valence-electron chi connectivity index (χ0n) is 11.5. The quantitative estimate of drug-likeness (QED) is 0.654. The molecule has 0 saturated heterocycles. The summed E-state index contributed by atoms with van der Waals surface area (Å²) in [5.41, 5.74) is 7.26. The molecule has 2 rings (SSSR count). The molecule has 0 spiro atoms. The second-order valence-corrected chi connectivity index (χ2v) is 6.98. The summed E-state index contributed by atoms with van der Waals surface area (Å²) in [6.07, 6.45) is 0.571. The summed E-state index contributed by atoms with van der Waals surface area (Å²) in [6.45, 7) is 2.04. The van der Waals surface area contributed by atoms with Gasteiger partial charge >= 0.3 is 0 Å². The van der Waals surface area contributed by atoms with E-state index in [2.05, 4.69) is 31.9 Å². The van der Waals surface area contributed by atoms with Gasteiger partial charge in [-0.1, -0.05) is 62.5 Å². The number of rotatable bonds is 5. The van der Waals surface area contributed by atoms with Gasteiger partial charge in [0.05, 0.1) is 5.02 Å². The Labute approximate surface area is 146 Å². The van der Waals surface area contributed by atoms with Crippen LogP contribution < -0.4 is 10.5 Å². The van der Waals surface area contributed by atoms with E-state index in [0.29, 0.717) is 10.8 Å². The van der Waals surface area contributed by atoms with Crippen molar-refractivity contribution in [2.75, 3.05) is 0 Å². The molecule has 0 saturated carbocycles. The molecule has 2 unspecified atom stereocenters. The molecule has 0 aliphatic rings. The van der Waals surface area contributed by atoms with Gasteiger partial charge < -0.3 is 10.5 Å². The molecular weight excluding hydrogens is 417 g/mol. The van der Waals surface area contributed by atoms with Crippen LogP contribution in [0.25, 0.3) is 0 Å². The molecule has 0 bridgehead atoms. The maximum atomic E-state index is 6.23. The lowest BCUT2D eigenvalue weighted by atomic mass is 10.0. The van der Waals surface area contributed by atoms with Crippen molar-refractivity contribution in [3.05, 3.63) is 62.0 Å². The summed E-state index contributed by atoms with van der Waals surface area (Å²) in [6, 6.07) is 13.4. The van der Waals surface area contributed by atoms with Gasteiger partial charge in [-0.15, -0.1) is 0 Å². The average molecular weight is 434 g/mol. The molecule has 0 amide bonds.